The van der Waals surface area contributed by atoms with Crippen LogP contribution in [0.15, 0.2) is 18.2 Å². The number of anilines is 1. The van der Waals surface area contributed by atoms with Gasteiger partial charge < -0.3 is 9.64 Å². The van der Waals surface area contributed by atoms with E-state index in [1.54, 1.807) is 0 Å². The quantitative estimate of drug-likeness (QED) is 0.683. The lowest BCUT2D eigenvalue weighted by Crippen LogP contribution is -2.75. The first-order valence-electron chi connectivity index (χ1n) is 8.51. The largest absolute Gasteiger partial charge is 0.372 e. The number of rotatable bonds is 0. The second kappa shape index (κ2) is 5.29. The van der Waals surface area contributed by atoms with Crippen LogP contribution in [-0.4, -0.2) is 42.6 Å². The molecule has 25 heavy (non-hydrogen) atoms. The van der Waals surface area contributed by atoms with Gasteiger partial charge in [0.15, 0.2) is 5.41 Å². The van der Waals surface area contributed by atoms with Crippen LogP contribution >= 0.6 is 0 Å². The van der Waals surface area contributed by atoms with Gasteiger partial charge in [-0.05, 0) is 44.4 Å². The average Bonchev–Trinajstić information content (AvgIpc) is 2.52. The third-order valence-electron chi connectivity index (χ3n) is 5.47. The van der Waals surface area contributed by atoms with Crippen LogP contribution in [0, 0.1) is 12.3 Å². The Bertz CT molecular complexity index is 771. The van der Waals surface area contributed by atoms with E-state index in [0.29, 0.717) is 6.54 Å². The summed E-state index contributed by atoms with van der Waals surface area (Å²) in [6, 6.07) is 4.80. The van der Waals surface area contributed by atoms with E-state index in [1.807, 2.05) is 32.9 Å². The van der Waals surface area contributed by atoms with Crippen molar-refractivity contribution in [2.45, 2.75) is 45.4 Å². The van der Waals surface area contributed by atoms with Crippen molar-refractivity contribution in [1.29, 1.82) is 0 Å². The molecular weight excluding hydrogens is 322 g/mol. The Balaban J connectivity index is 1.92. The Morgan fingerprint density at radius 2 is 1.84 bits per heavy atom. The molecule has 7 heteroatoms. The number of aryl methyl sites for hydroxylation is 1. The van der Waals surface area contributed by atoms with Gasteiger partial charge in [-0.1, -0.05) is 12.1 Å². The standard InChI is InChI=1S/C18H21N3O4/c1-9-4-5-12-7-18(15(22)19-17(24)20-16(18)23)14-11(3)25-10(2)8-21(14)13(12)6-9/h4-6,10-11,14H,7-8H2,1-3H3,(H2,19,20,22,23,24)/t10-,11+,14-/m1/s1. The second-order valence-corrected chi connectivity index (χ2v) is 7.27. The van der Waals surface area contributed by atoms with Crippen molar-refractivity contribution in [3.63, 3.8) is 0 Å². The number of nitrogens with zero attached hydrogens (tertiary/aromatic N) is 1. The predicted octanol–water partition coefficient (Wildman–Crippen LogP) is 0.886. The summed E-state index contributed by atoms with van der Waals surface area (Å²) in [6.07, 6.45) is -0.107. The predicted molar refractivity (Wildman–Crippen MR) is 90.1 cm³/mol. The minimum atomic E-state index is -1.38. The topological polar surface area (TPSA) is 87.7 Å². The first kappa shape index (κ1) is 16.1. The first-order valence-corrected chi connectivity index (χ1v) is 8.51. The van der Waals surface area contributed by atoms with Gasteiger partial charge in [-0.15, -0.1) is 0 Å². The van der Waals surface area contributed by atoms with Gasteiger partial charge in [0.1, 0.15) is 0 Å². The molecule has 2 fully saturated rings. The van der Waals surface area contributed by atoms with E-state index < -0.39 is 29.3 Å². The summed E-state index contributed by atoms with van der Waals surface area (Å²) in [5.74, 6) is -1.10. The Labute approximate surface area is 145 Å². The fourth-order valence-corrected chi connectivity index (χ4v) is 4.53. The van der Waals surface area contributed by atoms with Gasteiger partial charge >= 0.3 is 6.03 Å². The molecule has 3 aliphatic heterocycles. The lowest BCUT2D eigenvalue weighted by atomic mass is 9.66. The molecule has 0 saturated carbocycles. The molecular formula is C18H21N3O4. The SMILES string of the molecule is Cc1ccc2c(c1)N1C[C@@H](C)O[C@@H](C)[C@@H]1C1(C2)C(=O)NC(=O)NC1=O. The van der Waals surface area contributed by atoms with Crippen LogP contribution in [-0.2, 0) is 20.7 Å². The van der Waals surface area contributed by atoms with Crippen LogP contribution in [0.2, 0.25) is 0 Å². The van der Waals surface area contributed by atoms with Crippen molar-refractivity contribution in [1.82, 2.24) is 10.6 Å². The van der Waals surface area contributed by atoms with Crippen LogP contribution in [0.25, 0.3) is 0 Å². The lowest BCUT2D eigenvalue weighted by Gasteiger charge is -2.55. The summed E-state index contributed by atoms with van der Waals surface area (Å²) in [6.45, 7) is 6.47. The molecule has 0 aromatic heterocycles. The minimum Gasteiger partial charge on any atom is -0.372 e. The van der Waals surface area contributed by atoms with Gasteiger partial charge in [0.05, 0.1) is 18.2 Å². The number of urea groups is 1. The number of hydrogen-bond acceptors (Lipinski definition) is 5. The average molecular weight is 343 g/mol. The Kier molecular flexibility index (Phi) is 3.40. The van der Waals surface area contributed by atoms with Crippen molar-refractivity contribution in [2.75, 3.05) is 11.4 Å². The number of barbiturate groups is 1. The zero-order chi connectivity index (χ0) is 17.9. The van der Waals surface area contributed by atoms with Crippen molar-refractivity contribution >= 4 is 23.5 Å². The molecule has 3 atom stereocenters. The third kappa shape index (κ3) is 2.18. The van der Waals surface area contributed by atoms with E-state index in [-0.39, 0.29) is 18.6 Å². The van der Waals surface area contributed by atoms with Gasteiger partial charge in [0.2, 0.25) is 11.8 Å². The molecule has 1 aromatic rings. The van der Waals surface area contributed by atoms with Crippen molar-refractivity contribution in [3.8, 4) is 0 Å². The second-order valence-electron chi connectivity index (χ2n) is 7.27. The number of imide groups is 2. The molecule has 132 valence electrons. The summed E-state index contributed by atoms with van der Waals surface area (Å²) < 4.78 is 5.97. The summed E-state index contributed by atoms with van der Waals surface area (Å²) in [5, 5.41) is 4.57. The highest BCUT2D eigenvalue weighted by molar-refractivity contribution is 6.20. The minimum absolute atomic E-state index is 0.0221. The molecule has 2 saturated heterocycles. The Morgan fingerprint density at radius 3 is 2.52 bits per heavy atom. The number of fused-ring (bicyclic) bond motifs is 4. The van der Waals surface area contributed by atoms with Crippen LogP contribution in [0.1, 0.15) is 25.0 Å². The van der Waals surface area contributed by atoms with Gasteiger partial charge in [-0.3, -0.25) is 20.2 Å². The summed E-state index contributed by atoms with van der Waals surface area (Å²) >= 11 is 0. The highest BCUT2D eigenvalue weighted by Gasteiger charge is 2.62. The van der Waals surface area contributed by atoms with Crippen LogP contribution < -0.4 is 15.5 Å². The maximum Gasteiger partial charge on any atom is 0.328 e. The van der Waals surface area contributed by atoms with E-state index in [9.17, 15) is 14.4 Å². The number of nitrogens with one attached hydrogen (secondary N) is 2. The molecule has 0 radical (unpaired) electrons. The molecule has 1 aromatic carbocycles. The number of carbonyl (C=O) groups is 3. The van der Waals surface area contributed by atoms with Crippen molar-refractivity contribution in [3.05, 3.63) is 29.3 Å². The number of hydrogen-bond donors (Lipinski definition) is 2. The van der Waals surface area contributed by atoms with E-state index >= 15 is 0 Å². The number of benzene rings is 1. The molecule has 4 amide bonds. The monoisotopic (exact) mass is 343 g/mol. The van der Waals surface area contributed by atoms with E-state index in [4.69, 9.17) is 4.74 Å². The van der Waals surface area contributed by atoms with Crippen LogP contribution in [0.3, 0.4) is 0 Å². The summed E-state index contributed by atoms with van der Waals surface area (Å²) in [7, 11) is 0. The maximum absolute atomic E-state index is 12.9. The Morgan fingerprint density at radius 1 is 1.16 bits per heavy atom. The molecule has 2 N–H and O–H groups in total. The third-order valence-corrected chi connectivity index (χ3v) is 5.47. The number of carbonyl (C=O) groups excluding carboxylic acids is 3. The molecule has 0 bridgehead atoms. The van der Waals surface area contributed by atoms with Gasteiger partial charge in [0.25, 0.3) is 0 Å². The number of ether oxygens (including phenoxy) is 1. The van der Waals surface area contributed by atoms with Crippen LogP contribution in [0.4, 0.5) is 10.5 Å². The Hall–Kier alpha value is -2.41. The van der Waals surface area contributed by atoms with Crippen molar-refractivity contribution < 1.29 is 19.1 Å². The lowest BCUT2D eigenvalue weighted by molar-refractivity contribution is -0.153. The fraction of sp³-hybridized carbons (Fsp3) is 0.500. The zero-order valence-corrected chi connectivity index (χ0v) is 14.5. The van der Waals surface area contributed by atoms with Crippen LogP contribution in [0.5, 0.6) is 0 Å². The normalized spacial score (nSPS) is 30.4. The molecule has 3 aliphatic rings. The molecule has 3 heterocycles. The first-order chi connectivity index (χ1) is 11.8. The fourth-order valence-electron chi connectivity index (χ4n) is 4.53. The number of amides is 4. The van der Waals surface area contributed by atoms with Gasteiger partial charge in [0, 0.05) is 12.2 Å². The van der Waals surface area contributed by atoms with E-state index in [2.05, 4.69) is 21.6 Å². The van der Waals surface area contributed by atoms with E-state index in [1.165, 1.54) is 0 Å². The van der Waals surface area contributed by atoms with Crippen molar-refractivity contribution in [2.24, 2.45) is 5.41 Å². The summed E-state index contributed by atoms with van der Waals surface area (Å²) in [4.78, 5) is 39.4. The highest BCUT2D eigenvalue weighted by atomic mass is 16.5. The molecule has 0 aliphatic carbocycles. The van der Waals surface area contributed by atoms with Gasteiger partial charge in [-0.2, -0.15) is 0 Å². The molecule has 7 nitrogen and oxygen atoms in total. The number of morpholine rings is 1. The van der Waals surface area contributed by atoms with E-state index in [0.717, 1.165) is 16.8 Å². The zero-order valence-electron chi connectivity index (χ0n) is 14.5. The van der Waals surface area contributed by atoms with Gasteiger partial charge in [-0.25, -0.2) is 4.79 Å². The molecule has 4 rings (SSSR count). The highest BCUT2D eigenvalue weighted by Crippen LogP contribution is 2.46. The smallest absolute Gasteiger partial charge is 0.328 e. The summed E-state index contributed by atoms with van der Waals surface area (Å²) in [5.41, 5.74) is 1.71. The maximum atomic E-state index is 12.9. The molecule has 1 spiro atoms. The molecule has 0 unspecified atom stereocenters.